The van der Waals surface area contributed by atoms with Gasteiger partial charge in [-0.3, -0.25) is 24.0 Å². The van der Waals surface area contributed by atoms with Crippen molar-refractivity contribution in [2.45, 2.75) is 31.5 Å². The van der Waals surface area contributed by atoms with Crippen LogP contribution in [0.2, 0.25) is 0 Å². The Morgan fingerprint density at radius 2 is 1.71 bits per heavy atom. The molecule has 0 spiro atoms. The molecule has 11 nitrogen and oxygen atoms in total. The average molecular weight is 363 g/mol. The monoisotopic (exact) mass is 363 g/mol. The molecule has 3 atom stereocenters. The Morgan fingerprint density at radius 1 is 1.12 bits per heavy atom. The second kappa shape index (κ2) is 10.4. The van der Waals surface area contributed by atoms with Crippen LogP contribution in [-0.4, -0.2) is 65.1 Å². The summed E-state index contributed by atoms with van der Waals surface area (Å²) in [5.41, 5.74) is 10.4. The van der Waals surface area contributed by atoms with E-state index in [0.29, 0.717) is 0 Å². The number of primary amides is 1. The molecule has 0 saturated carbocycles. The van der Waals surface area contributed by atoms with E-state index in [2.05, 4.69) is 28.6 Å². The molecule has 0 heterocycles. The van der Waals surface area contributed by atoms with Crippen molar-refractivity contribution >= 4 is 42.2 Å². The zero-order valence-electron chi connectivity index (χ0n) is 12.9. The molecule has 0 radical (unpaired) electrons. The van der Waals surface area contributed by atoms with E-state index in [1.54, 1.807) is 0 Å². The molecular formula is C12H21N5O6S. The van der Waals surface area contributed by atoms with Crippen LogP contribution in [-0.2, 0) is 24.0 Å². The first-order chi connectivity index (χ1) is 11.1. The summed E-state index contributed by atoms with van der Waals surface area (Å²) in [7, 11) is 0. The van der Waals surface area contributed by atoms with Gasteiger partial charge in [-0.05, 0) is 6.92 Å². The number of carboxylic acid groups (broad SMARTS) is 1. The first-order valence-corrected chi connectivity index (χ1v) is 7.46. The number of carboxylic acids is 1. The van der Waals surface area contributed by atoms with Crippen LogP contribution in [0.15, 0.2) is 0 Å². The Morgan fingerprint density at radius 3 is 2.17 bits per heavy atom. The van der Waals surface area contributed by atoms with Gasteiger partial charge in [0.25, 0.3) is 0 Å². The second-order valence-corrected chi connectivity index (χ2v) is 5.23. The third kappa shape index (κ3) is 8.33. The van der Waals surface area contributed by atoms with Gasteiger partial charge in [0.2, 0.25) is 23.6 Å². The van der Waals surface area contributed by atoms with Crippen LogP contribution in [0.1, 0.15) is 13.3 Å². The number of rotatable bonds is 10. The number of aliphatic carboxylic acids is 1. The molecule has 0 aliphatic heterocycles. The van der Waals surface area contributed by atoms with Gasteiger partial charge in [0, 0.05) is 5.75 Å². The maximum atomic E-state index is 11.9. The fraction of sp³-hybridized carbons (Fsp3) is 0.583. The third-order valence-electron chi connectivity index (χ3n) is 2.74. The molecule has 3 unspecified atom stereocenters. The van der Waals surface area contributed by atoms with Gasteiger partial charge in [0.05, 0.1) is 19.0 Å². The van der Waals surface area contributed by atoms with Crippen molar-refractivity contribution in [3.05, 3.63) is 0 Å². The molecule has 0 aromatic heterocycles. The quantitative estimate of drug-likeness (QED) is 0.194. The summed E-state index contributed by atoms with van der Waals surface area (Å²) < 4.78 is 0. The summed E-state index contributed by atoms with van der Waals surface area (Å²) in [5, 5.41) is 15.3. The molecule has 0 fully saturated rings. The third-order valence-corrected chi connectivity index (χ3v) is 3.11. The van der Waals surface area contributed by atoms with Gasteiger partial charge in [-0.1, -0.05) is 0 Å². The van der Waals surface area contributed by atoms with Crippen LogP contribution in [0.4, 0.5) is 0 Å². The van der Waals surface area contributed by atoms with Crippen molar-refractivity contribution in [3.8, 4) is 0 Å². The molecule has 4 amide bonds. The van der Waals surface area contributed by atoms with Crippen molar-refractivity contribution in [1.29, 1.82) is 0 Å². The molecule has 136 valence electrons. The minimum Gasteiger partial charge on any atom is -0.480 e. The molecule has 0 aromatic rings. The molecule has 0 aromatic carbocycles. The Hall–Kier alpha value is -2.34. The highest BCUT2D eigenvalue weighted by Gasteiger charge is 2.24. The maximum absolute atomic E-state index is 11.9. The van der Waals surface area contributed by atoms with Crippen molar-refractivity contribution < 1.29 is 29.1 Å². The fourth-order valence-electron chi connectivity index (χ4n) is 1.43. The predicted molar refractivity (Wildman–Crippen MR) is 85.8 cm³/mol. The minimum atomic E-state index is -1.22. The van der Waals surface area contributed by atoms with Crippen LogP contribution in [0.5, 0.6) is 0 Å². The number of hydrogen-bond donors (Lipinski definition) is 7. The molecule has 0 bridgehead atoms. The van der Waals surface area contributed by atoms with Gasteiger partial charge >= 0.3 is 5.97 Å². The topological polar surface area (TPSA) is 194 Å². The van der Waals surface area contributed by atoms with Gasteiger partial charge in [-0.2, -0.15) is 12.6 Å². The zero-order valence-corrected chi connectivity index (χ0v) is 13.8. The summed E-state index contributed by atoms with van der Waals surface area (Å²) >= 11 is 3.91. The summed E-state index contributed by atoms with van der Waals surface area (Å²) in [6.07, 6.45) is -0.387. The molecule has 0 aliphatic carbocycles. The highest BCUT2D eigenvalue weighted by atomic mass is 32.1. The van der Waals surface area contributed by atoms with Crippen LogP contribution in [0.3, 0.4) is 0 Å². The molecule has 0 saturated heterocycles. The van der Waals surface area contributed by atoms with E-state index in [-0.39, 0.29) is 12.2 Å². The first-order valence-electron chi connectivity index (χ1n) is 6.83. The summed E-state index contributed by atoms with van der Waals surface area (Å²) in [4.78, 5) is 56.3. The predicted octanol–water partition coefficient (Wildman–Crippen LogP) is -3.69. The van der Waals surface area contributed by atoms with E-state index < -0.39 is 54.3 Å². The number of thiol groups is 1. The van der Waals surface area contributed by atoms with Crippen molar-refractivity contribution in [3.63, 3.8) is 0 Å². The van der Waals surface area contributed by atoms with E-state index >= 15 is 0 Å². The molecule has 8 N–H and O–H groups in total. The smallest absolute Gasteiger partial charge is 0.325 e. The average Bonchev–Trinajstić information content (AvgIpc) is 2.48. The second-order valence-electron chi connectivity index (χ2n) is 4.87. The Kier molecular flexibility index (Phi) is 9.42. The van der Waals surface area contributed by atoms with E-state index in [1.165, 1.54) is 6.92 Å². The Balaban J connectivity index is 4.44. The van der Waals surface area contributed by atoms with Crippen LogP contribution >= 0.6 is 12.6 Å². The minimum absolute atomic E-state index is 0.0893. The van der Waals surface area contributed by atoms with Crippen molar-refractivity contribution in [2.75, 3.05) is 12.3 Å². The van der Waals surface area contributed by atoms with E-state index in [0.717, 1.165) is 0 Å². The highest BCUT2D eigenvalue weighted by Crippen LogP contribution is 1.93. The van der Waals surface area contributed by atoms with Crippen LogP contribution in [0, 0.1) is 0 Å². The maximum Gasteiger partial charge on any atom is 0.325 e. The zero-order chi connectivity index (χ0) is 18.9. The van der Waals surface area contributed by atoms with Crippen molar-refractivity contribution in [1.82, 2.24) is 16.0 Å². The lowest BCUT2D eigenvalue weighted by Crippen LogP contribution is -2.54. The lowest BCUT2D eigenvalue weighted by molar-refractivity contribution is -0.141. The lowest BCUT2D eigenvalue weighted by Gasteiger charge is -2.18. The van der Waals surface area contributed by atoms with E-state index in [1.807, 2.05) is 0 Å². The van der Waals surface area contributed by atoms with Gasteiger partial charge in [0.15, 0.2) is 0 Å². The normalized spacial score (nSPS) is 14.0. The SMILES string of the molecule is CC(NC(=O)CNC(=O)C(CS)NC(=O)C(N)CC(N)=O)C(=O)O. The number of hydrogen-bond acceptors (Lipinski definition) is 7. The first kappa shape index (κ1) is 21.7. The Labute approximate surface area is 143 Å². The Bertz CT molecular complexity index is 514. The molecule has 0 aliphatic rings. The van der Waals surface area contributed by atoms with E-state index in [9.17, 15) is 24.0 Å². The number of amides is 4. The number of nitrogens with two attached hydrogens (primary N) is 2. The lowest BCUT2D eigenvalue weighted by atomic mass is 10.2. The number of carbonyl (C=O) groups is 5. The summed E-state index contributed by atoms with van der Waals surface area (Å²) in [6.45, 7) is 0.781. The number of nitrogens with one attached hydrogen (secondary N) is 3. The van der Waals surface area contributed by atoms with E-state index in [4.69, 9.17) is 16.6 Å². The van der Waals surface area contributed by atoms with Crippen LogP contribution in [0.25, 0.3) is 0 Å². The van der Waals surface area contributed by atoms with Crippen LogP contribution < -0.4 is 27.4 Å². The molecule has 12 heteroatoms. The summed E-state index contributed by atoms with van der Waals surface area (Å²) in [5.74, 6) is -4.29. The van der Waals surface area contributed by atoms with Gasteiger partial charge in [-0.25, -0.2) is 0 Å². The highest BCUT2D eigenvalue weighted by molar-refractivity contribution is 7.80. The fourth-order valence-corrected chi connectivity index (χ4v) is 1.68. The van der Waals surface area contributed by atoms with Gasteiger partial charge in [0.1, 0.15) is 12.1 Å². The van der Waals surface area contributed by atoms with Gasteiger partial charge in [-0.15, -0.1) is 0 Å². The molecular weight excluding hydrogens is 342 g/mol. The molecule has 0 rings (SSSR count). The molecule has 24 heavy (non-hydrogen) atoms. The number of carbonyl (C=O) groups excluding carboxylic acids is 4. The standard InChI is InChI=1S/C12H21N5O6S/c1-5(12(22)23)16-9(19)3-15-11(21)7(4-24)17-10(20)6(13)2-8(14)18/h5-7,24H,2-4,13H2,1H3,(H2,14,18)(H,15,21)(H,16,19)(H,17,20)(H,22,23). The largest absolute Gasteiger partial charge is 0.480 e. The van der Waals surface area contributed by atoms with Gasteiger partial charge < -0.3 is 32.5 Å². The van der Waals surface area contributed by atoms with Crippen molar-refractivity contribution in [2.24, 2.45) is 11.5 Å². The summed E-state index contributed by atoms with van der Waals surface area (Å²) in [6, 6.07) is -3.41.